The van der Waals surface area contributed by atoms with Crippen LogP contribution in [0.3, 0.4) is 0 Å². The molecule has 1 N–H and O–H groups in total. The molecule has 0 fully saturated rings. The molecule has 0 atom stereocenters. The standard InChI is InChI=1S/C14H7ClF3N3O2S/c15-7-1-2-10(9(5-7)14(16,17)18)20-11(22)8-6-19-13-21(12(8)23)3-4-24-13/h1-6H,(H,20,22). The first-order valence-electron chi connectivity index (χ1n) is 6.40. The Kier molecular flexibility index (Phi) is 4.06. The lowest BCUT2D eigenvalue weighted by Crippen LogP contribution is -2.26. The van der Waals surface area contributed by atoms with E-state index in [1.165, 1.54) is 23.6 Å². The molecule has 0 aliphatic carbocycles. The zero-order chi connectivity index (χ0) is 17.5. The second-order valence-electron chi connectivity index (χ2n) is 4.67. The molecule has 0 bridgehead atoms. The lowest BCUT2D eigenvalue weighted by atomic mass is 10.1. The van der Waals surface area contributed by atoms with Crippen LogP contribution in [0, 0.1) is 0 Å². The average Bonchev–Trinajstić information content (AvgIpc) is 2.97. The minimum atomic E-state index is -4.71. The van der Waals surface area contributed by atoms with Crippen molar-refractivity contribution in [2.24, 2.45) is 0 Å². The van der Waals surface area contributed by atoms with Crippen LogP contribution in [0.2, 0.25) is 5.02 Å². The van der Waals surface area contributed by atoms with E-state index >= 15 is 0 Å². The number of hydrogen-bond acceptors (Lipinski definition) is 4. The number of benzene rings is 1. The second kappa shape index (κ2) is 5.91. The van der Waals surface area contributed by atoms with Gasteiger partial charge in [0, 0.05) is 22.8 Å². The van der Waals surface area contributed by atoms with Gasteiger partial charge in [-0.2, -0.15) is 13.2 Å². The van der Waals surface area contributed by atoms with Crippen molar-refractivity contribution in [1.29, 1.82) is 0 Å². The molecule has 1 aromatic carbocycles. The third kappa shape index (κ3) is 3.00. The number of alkyl halides is 3. The number of halogens is 4. The number of thiazole rings is 1. The fourth-order valence-corrected chi connectivity index (χ4v) is 2.88. The largest absolute Gasteiger partial charge is 0.418 e. The highest BCUT2D eigenvalue weighted by Crippen LogP contribution is 2.36. The van der Waals surface area contributed by atoms with Gasteiger partial charge in [-0.05, 0) is 18.2 Å². The lowest BCUT2D eigenvalue weighted by Gasteiger charge is -2.14. The molecule has 0 aliphatic rings. The van der Waals surface area contributed by atoms with Crippen molar-refractivity contribution in [3.8, 4) is 0 Å². The molecule has 0 saturated carbocycles. The summed E-state index contributed by atoms with van der Waals surface area (Å²) in [5.74, 6) is -0.985. The van der Waals surface area contributed by atoms with E-state index in [2.05, 4.69) is 10.3 Å². The molecule has 24 heavy (non-hydrogen) atoms. The molecule has 2 aromatic heterocycles. The van der Waals surface area contributed by atoms with Crippen LogP contribution in [0.4, 0.5) is 18.9 Å². The second-order valence-corrected chi connectivity index (χ2v) is 5.98. The molecule has 2 heterocycles. The van der Waals surface area contributed by atoms with E-state index in [4.69, 9.17) is 11.6 Å². The highest BCUT2D eigenvalue weighted by Gasteiger charge is 2.34. The van der Waals surface area contributed by atoms with Crippen molar-refractivity contribution >= 4 is 39.5 Å². The first kappa shape index (κ1) is 16.5. The zero-order valence-electron chi connectivity index (χ0n) is 11.6. The van der Waals surface area contributed by atoms with Crippen LogP contribution in [0.5, 0.6) is 0 Å². The summed E-state index contributed by atoms with van der Waals surface area (Å²) in [4.78, 5) is 28.7. The molecule has 1 amide bonds. The predicted molar refractivity (Wildman–Crippen MR) is 83.7 cm³/mol. The fraction of sp³-hybridized carbons (Fsp3) is 0.0714. The molecule has 3 rings (SSSR count). The van der Waals surface area contributed by atoms with E-state index in [1.807, 2.05) is 0 Å². The molecule has 0 saturated heterocycles. The van der Waals surface area contributed by atoms with Crippen molar-refractivity contribution in [3.05, 3.63) is 62.5 Å². The van der Waals surface area contributed by atoms with Gasteiger partial charge < -0.3 is 5.32 Å². The molecule has 0 unspecified atom stereocenters. The summed E-state index contributed by atoms with van der Waals surface area (Å²) >= 11 is 6.77. The molecular weight excluding hydrogens is 367 g/mol. The summed E-state index contributed by atoms with van der Waals surface area (Å²) in [5, 5.41) is 3.57. The number of carbonyl (C=O) groups is 1. The summed E-state index contributed by atoms with van der Waals surface area (Å²) in [6, 6.07) is 2.93. The minimum absolute atomic E-state index is 0.123. The van der Waals surface area contributed by atoms with E-state index < -0.39 is 28.9 Å². The van der Waals surface area contributed by atoms with Gasteiger partial charge in [0.1, 0.15) is 5.56 Å². The van der Waals surface area contributed by atoms with Gasteiger partial charge in [-0.1, -0.05) is 11.6 Å². The van der Waals surface area contributed by atoms with Gasteiger partial charge in [0.15, 0.2) is 4.96 Å². The molecular formula is C14H7ClF3N3O2S. The lowest BCUT2D eigenvalue weighted by molar-refractivity contribution is -0.136. The monoisotopic (exact) mass is 373 g/mol. The first-order valence-corrected chi connectivity index (χ1v) is 7.66. The number of aromatic nitrogens is 2. The van der Waals surface area contributed by atoms with Crippen LogP contribution in [0.25, 0.3) is 4.96 Å². The summed E-state index contributed by atoms with van der Waals surface area (Å²) in [6.45, 7) is 0. The highest BCUT2D eigenvalue weighted by molar-refractivity contribution is 7.15. The Morgan fingerprint density at radius 3 is 2.79 bits per heavy atom. The Bertz CT molecular complexity index is 997. The number of anilines is 1. The molecule has 3 aromatic rings. The third-order valence-electron chi connectivity index (χ3n) is 3.12. The van der Waals surface area contributed by atoms with Crippen LogP contribution < -0.4 is 10.9 Å². The number of fused-ring (bicyclic) bond motifs is 1. The summed E-state index contributed by atoms with van der Waals surface area (Å²) in [7, 11) is 0. The summed E-state index contributed by atoms with van der Waals surface area (Å²) < 4.78 is 40.3. The number of nitrogens with one attached hydrogen (secondary N) is 1. The first-order chi connectivity index (χ1) is 11.3. The normalized spacial score (nSPS) is 11.7. The van der Waals surface area contributed by atoms with Gasteiger partial charge >= 0.3 is 6.18 Å². The van der Waals surface area contributed by atoms with Crippen molar-refractivity contribution in [2.45, 2.75) is 6.18 Å². The van der Waals surface area contributed by atoms with Crippen molar-refractivity contribution < 1.29 is 18.0 Å². The van der Waals surface area contributed by atoms with Gasteiger partial charge in [0.25, 0.3) is 11.5 Å². The molecule has 0 aliphatic heterocycles. The van der Waals surface area contributed by atoms with Gasteiger partial charge in [-0.3, -0.25) is 14.0 Å². The Balaban J connectivity index is 2.00. The molecule has 5 nitrogen and oxygen atoms in total. The predicted octanol–water partition coefficient (Wildman–Crippen LogP) is 3.68. The maximum atomic E-state index is 13.0. The number of amides is 1. The Hall–Kier alpha value is -2.39. The van der Waals surface area contributed by atoms with Crippen LogP contribution in [0.1, 0.15) is 15.9 Å². The molecule has 0 radical (unpaired) electrons. The Morgan fingerprint density at radius 2 is 2.08 bits per heavy atom. The van der Waals surface area contributed by atoms with Crippen molar-refractivity contribution in [1.82, 2.24) is 9.38 Å². The molecule has 10 heteroatoms. The van der Waals surface area contributed by atoms with E-state index in [1.54, 1.807) is 5.38 Å². The van der Waals surface area contributed by atoms with Gasteiger partial charge in [-0.15, -0.1) is 11.3 Å². The minimum Gasteiger partial charge on any atom is -0.321 e. The van der Waals surface area contributed by atoms with Crippen LogP contribution in [-0.4, -0.2) is 15.3 Å². The average molecular weight is 374 g/mol. The van der Waals surface area contributed by atoms with Gasteiger partial charge in [0.2, 0.25) is 0 Å². The smallest absolute Gasteiger partial charge is 0.321 e. The van der Waals surface area contributed by atoms with Crippen LogP contribution in [-0.2, 0) is 6.18 Å². The van der Waals surface area contributed by atoms with E-state index in [0.29, 0.717) is 11.0 Å². The SMILES string of the molecule is O=C(Nc1ccc(Cl)cc1C(F)(F)F)c1cnc2sccn2c1=O. The van der Waals surface area contributed by atoms with Crippen LogP contribution >= 0.6 is 22.9 Å². The van der Waals surface area contributed by atoms with Crippen molar-refractivity contribution in [2.75, 3.05) is 5.32 Å². The zero-order valence-corrected chi connectivity index (χ0v) is 13.2. The third-order valence-corrected chi connectivity index (χ3v) is 4.13. The number of carbonyl (C=O) groups excluding carboxylic acids is 1. The maximum absolute atomic E-state index is 13.0. The number of nitrogens with zero attached hydrogens (tertiary/aromatic N) is 2. The quantitative estimate of drug-likeness (QED) is 0.745. The Morgan fingerprint density at radius 1 is 1.33 bits per heavy atom. The maximum Gasteiger partial charge on any atom is 0.418 e. The number of hydrogen-bond donors (Lipinski definition) is 1. The van der Waals surface area contributed by atoms with Crippen molar-refractivity contribution in [3.63, 3.8) is 0 Å². The molecule has 124 valence electrons. The van der Waals surface area contributed by atoms with E-state index in [9.17, 15) is 22.8 Å². The topological polar surface area (TPSA) is 63.5 Å². The number of rotatable bonds is 2. The van der Waals surface area contributed by atoms with Crippen LogP contribution in [0.15, 0.2) is 40.8 Å². The van der Waals surface area contributed by atoms with Gasteiger partial charge in [-0.25, -0.2) is 4.98 Å². The summed E-state index contributed by atoms with van der Waals surface area (Å²) in [6.07, 6.45) is -2.25. The highest BCUT2D eigenvalue weighted by atomic mass is 35.5. The Labute approximate surface area is 141 Å². The van der Waals surface area contributed by atoms with E-state index in [-0.39, 0.29) is 10.6 Å². The molecule has 0 spiro atoms. The van der Waals surface area contributed by atoms with Gasteiger partial charge in [0.05, 0.1) is 11.3 Å². The van der Waals surface area contributed by atoms with E-state index in [0.717, 1.165) is 16.7 Å². The summed E-state index contributed by atoms with van der Waals surface area (Å²) in [5.41, 5.74) is -2.63. The fourth-order valence-electron chi connectivity index (χ4n) is 2.03.